The van der Waals surface area contributed by atoms with Gasteiger partial charge in [-0.2, -0.15) is 0 Å². The van der Waals surface area contributed by atoms with Gasteiger partial charge < -0.3 is 4.42 Å². The fourth-order valence-corrected chi connectivity index (χ4v) is 2.82. The van der Waals surface area contributed by atoms with Crippen molar-refractivity contribution < 1.29 is 18.0 Å². The minimum absolute atomic E-state index is 0.167. The molecule has 1 unspecified atom stereocenters. The highest BCUT2D eigenvalue weighted by molar-refractivity contribution is 8.00. The third-order valence-corrected chi connectivity index (χ3v) is 4.20. The largest absolute Gasteiger partial charge is 0.411 e. The van der Waals surface area contributed by atoms with Crippen LogP contribution in [0.15, 0.2) is 58.2 Å². The summed E-state index contributed by atoms with van der Waals surface area (Å²) in [6.45, 7) is 1.60. The topological polar surface area (TPSA) is 56.0 Å². The maximum absolute atomic E-state index is 13.7. The quantitative estimate of drug-likeness (QED) is 0.507. The lowest BCUT2D eigenvalue weighted by atomic mass is 10.1. The summed E-state index contributed by atoms with van der Waals surface area (Å²) in [6.07, 6.45) is 0. The predicted octanol–water partition coefficient (Wildman–Crippen LogP) is 4.38. The molecule has 2 aromatic carbocycles. The van der Waals surface area contributed by atoms with E-state index >= 15 is 0 Å². The second-order valence-electron chi connectivity index (χ2n) is 4.99. The van der Waals surface area contributed by atoms with E-state index < -0.39 is 22.7 Å². The van der Waals surface area contributed by atoms with Gasteiger partial charge in [0.05, 0.1) is 10.8 Å². The summed E-state index contributed by atoms with van der Waals surface area (Å²) in [5.41, 5.74) is 0.597. The maximum atomic E-state index is 13.7. The van der Waals surface area contributed by atoms with Crippen molar-refractivity contribution in [3.05, 3.63) is 65.7 Å². The first-order chi connectivity index (χ1) is 11.5. The van der Waals surface area contributed by atoms with Gasteiger partial charge in [-0.05, 0) is 31.2 Å². The van der Waals surface area contributed by atoms with Gasteiger partial charge in [0, 0.05) is 11.6 Å². The molecule has 0 saturated carbocycles. The number of hydrogen-bond acceptors (Lipinski definition) is 5. The fraction of sp³-hybridized carbons (Fsp3) is 0.118. The Morgan fingerprint density at radius 3 is 2.58 bits per heavy atom. The molecule has 1 heterocycles. The molecule has 1 aromatic heterocycles. The predicted molar refractivity (Wildman–Crippen MR) is 85.7 cm³/mol. The first-order valence-electron chi connectivity index (χ1n) is 7.09. The van der Waals surface area contributed by atoms with Gasteiger partial charge in [-0.15, -0.1) is 10.2 Å². The van der Waals surface area contributed by atoms with Gasteiger partial charge in [0.2, 0.25) is 5.89 Å². The molecule has 3 aromatic rings. The first kappa shape index (κ1) is 16.3. The molecule has 7 heteroatoms. The lowest BCUT2D eigenvalue weighted by molar-refractivity contribution is 0.0989. The van der Waals surface area contributed by atoms with Crippen LogP contribution in [0.1, 0.15) is 17.3 Å². The molecular formula is C17H12F2N2O2S. The summed E-state index contributed by atoms with van der Waals surface area (Å²) in [5, 5.41) is 7.36. The van der Waals surface area contributed by atoms with Crippen molar-refractivity contribution in [2.75, 3.05) is 0 Å². The zero-order valence-electron chi connectivity index (χ0n) is 12.6. The van der Waals surface area contributed by atoms with E-state index in [4.69, 9.17) is 4.42 Å². The van der Waals surface area contributed by atoms with Crippen LogP contribution in [0.4, 0.5) is 8.78 Å². The Kier molecular flexibility index (Phi) is 4.71. The van der Waals surface area contributed by atoms with Crippen LogP contribution in [0.25, 0.3) is 11.5 Å². The number of nitrogens with zero attached hydrogens (tertiary/aromatic N) is 2. The van der Waals surface area contributed by atoms with Crippen molar-refractivity contribution >= 4 is 17.5 Å². The highest BCUT2D eigenvalue weighted by atomic mass is 32.2. The van der Waals surface area contributed by atoms with Crippen LogP contribution in [0.3, 0.4) is 0 Å². The Hall–Kier alpha value is -2.54. The van der Waals surface area contributed by atoms with Crippen molar-refractivity contribution in [2.45, 2.75) is 17.4 Å². The monoisotopic (exact) mass is 346 g/mol. The highest BCUT2D eigenvalue weighted by Gasteiger charge is 2.22. The second kappa shape index (κ2) is 6.92. The summed E-state index contributed by atoms with van der Waals surface area (Å²) in [6, 6.07) is 12.1. The Labute approximate surface area is 140 Å². The van der Waals surface area contributed by atoms with Crippen LogP contribution < -0.4 is 0 Å². The zero-order valence-corrected chi connectivity index (χ0v) is 13.4. The molecule has 122 valence electrons. The number of aromatic nitrogens is 2. The van der Waals surface area contributed by atoms with Crippen LogP contribution in [-0.2, 0) is 0 Å². The third-order valence-electron chi connectivity index (χ3n) is 3.27. The number of hydrogen-bond donors (Lipinski definition) is 0. The maximum Gasteiger partial charge on any atom is 0.277 e. The average molecular weight is 346 g/mol. The number of carbonyl (C=O) groups is 1. The van der Waals surface area contributed by atoms with E-state index in [9.17, 15) is 13.6 Å². The Morgan fingerprint density at radius 1 is 1.12 bits per heavy atom. The van der Waals surface area contributed by atoms with Crippen molar-refractivity contribution in [3.63, 3.8) is 0 Å². The van der Waals surface area contributed by atoms with Crippen LogP contribution in [0.2, 0.25) is 0 Å². The van der Waals surface area contributed by atoms with E-state index in [1.165, 1.54) is 0 Å². The number of rotatable bonds is 5. The van der Waals surface area contributed by atoms with E-state index in [0.717, 1.165) is 29.5 Å². The van der Waals surface area contributed by atoms with Crippen molar-refractivity contribution in [1.82, 2.24) is 10.2 Å². The highest BCUT2D eigenvalue weighted by Crippen LogP contribution is 2.28. The van der Waals surface area contributed by atoms with E-state index in [1.54, 1.807) is 6.92 Å². The van der Waals surface area contributed by atoms with Gasteiger partial charge >= 0.3 is 0 Å². The smallest absolute Gasteiger partial charge is 0.277 e. The number of halogens is 2. The van der Waals surface area contributed by atoms with Crippen molar-refractivity contribution in [2.24, 2.45) is 0 Å². The standard InChI is InChI=1S/C17H12F2N2O2S/c1-10(15(22)13-8-7-12(18)9-14(13)19)24-17-21-20-16(23-17)11-5-3-2-4-6-11/h2-10H,1H3. The van der Waals surface area contributed by atoms with Crippen LogP contribution in [0, 0.1) is 11.6 Å². The van der Waals surface area contributed by atoms with Crippen LogP contribution >= 0.6 is 11.8 Å². The molecule has 4 nitrogen and oxygen atoms in total. The molecule has 0 saturated heterocycles. The van der Waals surface area contributed by atoms with E-state index in [1.807, 2.05) is 30.3 Å². The molecule has 3 rings (SSSR count). The SMILES string of the molecule is CC(Sc1nnc(-c2ccccc2)o1)C(=O)c1ccc(F)cc1F. The van der Waals surface area contributed by atoms with E-state index in [-0.39, 0.29) is 10.8 Å². The summed E-state index contributed by atoms with van der Waals surface area (Å²) in [5.74, 6) is -1.75. The summed E-state index contributed by atoms with van der Waals surface area (Å²) < 4.78 is 32.1. The van der Waals surface area contributed by atoms with Gasteiger partial charge in [0.1, 0.15) is 11.6 Å². The Bertz CT molecular complexity index is 868. The zero-order chi connectivity index (χ0) is 17.1. The first-order valence-corrected chi connectivity index (χ1v) is 7.97. The van der Waals surface area contributed by atoms with Gasteiger partial charge in [0.15, 0.2) is 5.78 Å². The molecule has 0 aliphatic heterocycles. The molecule has 0 N–H and O–H groups in total. The van der Waals surface area contributed by atoms with Crippen LogP contribution in [-0.4, -0.2) is 21.2 Å². The van der Waals surface area contributed by atoms with Gasteiger partial charge in [-0.1, -0.05) is 30.0 Å². The van der Waals surface area contributed by atoms with Crippen LogP contribution in [0.5, 0.6) is 0 Å². The number of Topliss-reactive ketones (excluding diaryl/α,β-unsaturated/α-hetero) is 1. The molecule has 0 bridgehead atoms. The molecule has 0 aliphatic carbocycles. The molecule has 24 heavy (non-hydrogen) atoms. The van der Waals surface area contributed by atoms with Crippen molar-refractivity contribution in [3.8, 4) is 11.5 Å². The number of ketones is 1. The molecule has 0 amide bonds. The van der Waals surface area contributed by atoms with Gasteiger partial charge in [-0.25, -0.2) is 8.78 Å². The molecular weight excluding hydrogens is 334 g/mol. The lowest BCUT2D eigenvalue weighted by Gasteiger charge is -2.08. The third kappa shape index (κ3) is 3.51. The lowest BCUT2D eigenvalue weighted by Crippen LogP contribution is -2.15. The van der Waals surface area contributed by atoms with E-state index in [0.29, 0.717) is 12.0 Å². The fourth-order valence-electron chi connectivity index (χ4n) is 2.07. The normalized spacial score (nSPS) is 12.1. The molecule has 0 fully saturated rings. The summed E-state index contributed by atoms with van der Waals surface area (Å²) >= 11 is 1.02. The minimum atomic E-state index is -0.886. The van der Waals surface area contributed by atoms with Crippen molar-refractivity contribution in [1.29, 1.82) is 0 Å². The summed E-state index contributed by atoms with van der Waals surface area (Å²) in [4.78, 5) is 12.3. The molecule has 0 radical (unpaired) electrons. The van der Waals surface area contributed by atoms with Gasteiger partial charge in [-0.3, -0.25) is 4.79 Å². The summed E-state index contributed by atoms with van der Waals surface area (Å²) in [7, 11) is 0. The second-order valence-corrected chi connectivity index (χ2v) is 6.28. The van der Waals surface area contributed by atoms with E-state index in [2.05, 4.69) is 10.2 Å². The minimum Gasteiger partial charge on any atom is -0.411 e. The Balaban J connectivity index is 1.74. The number of benzene rings is 2. The number of thioether (sulfide) groups is 1. The Morgan fingerprint density at radius 2 is 1.88 bits per heavy atom. The molecule has 0 spiro atoms. The number of carbonyl (C=O) groups excluding carboxylic acids is 1. The average Bonchev–Trinajstić information content (AvgIpc) is 3.03. The molecule has 1 atom stereocenters. The van der Waals surface area contributed by atoms with Gasteiger partial charge in [0.25, 0.3) is 5.22 Å². The molecule has 0 aliphatic rings.